The van der Waals surface area contributed by atoms with Crippen LogP contribution in [0.4, 0.5) is 5.69 Å². The largest absolute Gasteiger partial charge is 0.483 e. The fourth-order valence-corrected chi connectivity index (χ4v) is 3.41. The van der Waals surface area contributed by atoms with Crippen molar-refractivity contribution < 1.29 is 19.0 Å². The molecular weight excluding hydrogens is 410 g/mol. The molecule has 0 aliphatic rings. The number of hydrogen-bond donors (Lipinski definition) is 2. The minimum Gasteiger partial charge on any atom is -0.483 e. The molecule has 0 unspecified atom stereocenters. The van der Waals surface area contributed by atoms with Gasteiger partial charge in [-0.05, 0) is 30.3 Å². The molecule has 4 rings (SSSR count). The number of rotatable bonds is 10. The Labute approximate surface area is 185 Å². The van der Waals surface area contributed by atoms with E-state index in [2.05, 4.69) is 25.1 Å². The number of ether oxygens (including phenoxy) is 3. The van der Waals surface area contributed by atoms with E-state index in [1.54, 1.807) is 20.3 Å². The fraction of sp³-hybridized carbons (Fsp3) is 0.261. The smallest absolute Gasteiger partial charge is 0.262 e. The molecule has 0 aliphatic carbocycles. The summed E-state index contributed by atoms with van der Waals surface area (Å²) in [5.41, 5.74) is 2.45. The molecule has 32 heavy (non-hydrogen) atoms. The van der Waals surface area contributed by atoms with Crippen LogP contribution in [0.5, 0.6) is 5.75 Å². The Balaban J connectivity index is 1.40. The summed E-state index contributed by atoms with van der Waals surface area (Å²) in [6, 6.07) is 15.1. The van der Waals surface area contributed by atoms with Crippen LogP contribution in [0, 0.1) is 0 Å². The molecule has 9 nitrogen and oxygen atoms in total. The summed E-state index contributed by atoms with van der Waals surface area (Å²) >= 11 is 0. The molecule has 0 saturated heterocycles. The molecule has 0 fully saturated rings. The number of fused-ring (bicyclic) bond motifs is 1. The van der Waals surface area contributed by atoms with Gasteiger partial charge in [-0.3, -0.25) is 9.89 Å². The van der Waals surface area contributed by atoms with Gasteiger partial charge in [-0.1, -0.05) is 18.2 Å². The summed E-state index contributed by atoms with van der Waals surface area (Å²) < 4.78 is 18.1. The van der Waals surface area contributed by atoms with Gasteiger partial charge in [0.1, 0.15) is 12.4 Å². The van der Waals surface area contributed by atoms with E-state index in [0.717, 1.165) is 23.0 Å². The number of hydrogen-bond acceptors (Lipinski definition) is 6. The Kier molecular flexibility index (Phi) is 6.78. The van der Waals surface area contributed by atoms with Crippen LogP contribution in [0.1, 0.15) is 5.82 Å². The monoisotopic (exact) mass is 435 g/mol. The minimum absolute atomic E-state index is 0.106. The van der Waals surface area contributed by atoms with Crippen molar-refractivity contribution in [3.05, 3.63) is 60.6 Å². The third-order valence-corrected chi connectivity index (χ3v) is 4.89. The number of carbonyl (C=O) groups is 1. The molecule has 2 aromatic heterocycles. The van der Waals surface area contributed by atoms with Gasteiger partial charge in [-0.2, -0.15) is 5.10 Å². The van der Waals surface area contributed by atoms with Gasteiger partial charge in [0.15, 0.2) is 18.3 Å². The van der Waals surface area contributed by atoms with Gasteiger partial charge in [-0.25, -0.2) is 4.98 Å². The van der Waals surface area contributed by atoms with Gasteiger partial charge in [0.25, 0.3) is 5.91 Å². The zero-order chi connectivity index (χ0) is 22.3. The molecule has 2 heterocycles. The van der Waals surface area contributed by atoms with Gasteiger partial charge in [0.05, 0.1) is 12.1 Å². The number of aromatic nitrogens is 4. The van der Waals surface area contributed by atoms with Crippen molar-refractivity contribution in [2.45, 2.75) is 13.2 Å². The molecule has 166 valence electrons. The van der Waals surface area contributed by atoms with Gasteiger partial charge >= 0.3 is 0 Å². The average molecular weight is 435 g/mol. The highest BCUT2D eigenvalue weighted by molar-refractivity contribution is 5.93. The van der Waals surface area contributed by atoms with Crippen molar-refractivity contribution in [2.24, 2.45) is 0 Å². The molecule has 9 heteroatoms. The summed E-state index contributed by atoms with van der Waals surface area (Å²) in [6.07, 6.45) is 1.99. The molecule has 4 aromatic rings. The molecule has 0 aliphatic heterocycles. The first-order valence-electron chi connectivity index (χ1n) is 10.2. The molecule has 0 saturated carbocycles. The number of amides is 1. The number of anilines is 1. The van der Waals surface area contributed by atoms with E-state index < -0.39 is 0 Å². The van der Waals surface area contributed by atoms with E-state index in [4.69, 9.17) is 14.2 Å². The highest BCUT2D eigenvalue weighted by Crippen LogP contribution is 2.27. The van der Waals surface area contributed by atoms with Crippen LogP contribution in [-0.4, -0.2) is 53.1 Å². The molecule has 0 radical (unpaired) electrons. The second-order valence-electron chi connectivity index (χ2n) is 7.15. The number of benzene rings is 2. The van der Waals surface area contributed by atoms with Gasteiger partial charge in [0, 0.05) is 43.6 Å². The van der Waals surface area contributed by atoms with Crippen LogP contribution < -0.4 is 10.1 Å². The molecule has 0 bridgehead atoms. The third-order valence-electron chi connectivity index (χ3n) is 4.89. The van der Waals surface area contributed by atoms with Crippen molar-refractivity contribution in [1.29, 1.82) is 0 Å². The first-order chi connectivity index (χ1) is 15.7. The first kappa shape index (κ1) is 21.5. The zero-order valence-electron chi connectivity index (χ0n) is 18.0. The lowest BCUT2D eigenvalue weighted by Gasteiger charge is -2.10. The topological polar surface area (TPSA) is 103 Å². The third kappa shape index (κ3) is 4.96. The summed E-state index contributed by atoms with van der Waals surface area (Å²) in [5, 5.41) is 10.8. The molecular formula is C23H25N5O4. The van der Waals surface area contributed by atoms with Crippen molar-refractivity contribution >= 4 is 22.5 Å². The maximum atomic E-state index is 12.5. The van der Waals surface area contributed by atoms with Crippen molar-refractivity contribution in [3.63, 3.8) is 0 Å². The number of H-pyrrole nitrogens is 1. The van der Waals surface area contributed by atoms with E-state index in [-0.39, 0.29) is 12.5 Å². The Morgan fingerprint density at radius 3 is 2.84 bits per heavy atom. The standard InChI is InChI=1S/C23H25N5O4/c1-30-12-11-28-10-9-18-19(28)7-4-8-20(18)32-15-22(29)24-17-6-3-5-16(13-17)23-25-21(14-31-2)26-27-23/h3-10,13H,11-12,14-15H2,1-2H3,(H,24,29)(H,25,26,27). The summed E-state index contributed by atoms with van der Waals surface area (Å²) in [5.74, 6) is 1.58. The predicted octanol–water partition coefficient (Wildman–Crippen LogP) is 3.24. The zero-order valence-corrected chi connectivity index (χ0v) is 18.0. The normalized spacial score (nSPS) is 11.1. The number of carbonyl (C=O) groups excluding carboxylic acids is 1. The number of nitrogens with one attached hydrogen (secondary N) is 2. The molecule has 2 aromatic carbocycles. The Morgan fingerprint density at radius 1 is 1.12 bits per heavy atom. The summed E-state index contributed by atoms with van der Waals surface area (Å²) in [6.45, 7) is 1.62. The second kappa shape index (κ2) is 10.1. The first-order valence-corrected chi connectivity index (χ1v) is 10.2. The van der Waals surface area contributed by atoms with Crippen molar-refractivity contribution in [3.8, 4) is 17.1 Å². The van der Waals surface area contributed by atoms with Gasteiger partial charge < -0.3 is 24.1 Å². The van der Waals surface area contributed by atoms with Crippen molar-refractivity contribution in [1.82, 2.24) is 19.7 Å². The fourth-order valence-electron chi connectivity index (χ4n) is 3.41. The molecule has 0 spiro atoms. The number of aromatic amines is 1. The SMILES string of the molecule is COCCn1ccc2c(OCC(=O)Nc3cccc(-c4n[nH]c(COC)n4)c3)cccc21. The molecule has 1 amide bonds. The van der Waals surface area contributed by atoms with E-state index in [0.29, 0.717) is 36.3 Å². The maximum absolute atomic E-state index is 12.5. The average Bonchev–Trinajstić information content (AvgIpc) is 3.44. The summed E-state index contributed by atoms with van der Waals surface area (Å²) in [4.78, 5) is 16.9. The highest BCUT2D eigenvalue weighted by atomic mass is 16.5. The van der Waals surface area contributed by atoms with E-state index in [1.165, 1.54) is 0 Å². The highest BCUT2D eigenvalue weighted by Gasteiger charge is 2.11. The lowest BCUT2D eigenvalue weighted by atomic mass is 10.2. The maximum Gasteiger partial charge on any atom is 0.262 e. The second-order valence-corrected chi connectivity index (χ2v) is 7.15. The van der Waals surface area contributed by atoms with Crippen molar-refractivity contribution in [2.75, 3.05) is 32.8 Å². The van der Waals surface area contributed by atoms with E-state index >= 15 is 0 Å². The quantitative estimate of drug-likeness (QED) is 0.396. The summed E-state index contributed by atoms with van der Waals surface area (Å²) in [7, 11) is 3.27. The Morgan fingerprint density at radius 2 is 2.00 bits per heavy atom. The van der Waals surface area contributed by atoms with Crippen LogP contribution in [-0.2, 0) is 27.4 Å². The van der Waals surface area contributed by atoms with E-state index in [9.17, 15) is 4.79 Å². The Hall–Kier alpha value is -3.69. The predicted molar refractivity (Wildman–Crippen MR) is 120 cm³/mol. The van der Waals surface area contributed by atoms with Crippen LogP contribution in [0.15, 0.2) is 54.7 Å². The lowest BCUT2D eigenvalue weighted by molar-refractivity contribution is -0.118. The van der Waals surface area contributed by atoms with Crippen LogP contribution >= 0.6 is 0 Å². The number of nitrogens with zero attached hydrogens (tertiary/aromatic N) is 3. The van der Waals surface area contributed by atoms with Crippen LogP contribution in [0.2, 0.25) is 0 Å². The van der Waals surface area contributed by atoms with E-state index in [1.807, 2.05) is 48.7 Å². The minimum atomic E-state index is -0.256. The number of methoxy groups -OCH3 is 2. The van der Waals surface area contributed by atoms with Gasteiger partial charge in [-0.15, -0.1) is 0 Å². The van der Waals surface area contributed by atoms with Crippen LogP contribution in [0.3, 0.4) is 0 Å². The lowest BCUT2D eigenvalue weighted by Crippen LogP contribution is -2.20. The molecule has 0 atom stereocenters. The van der Waals surface area contributed by atoms with Crippen LogP contribution in [0.25, 0.3) is 22.3 Å². The molecule has 2 N–H and O–H groups in total. The Bertz CT molecular complexity index is 1200. The van der Waals surface area contributed by atoms with Gasteiger partial charge in [0.2, 0.25) is 0 Å².